The first kappa shape index (κ1) is 23.1. The number of hydrogen-bond acceptors (Lipinski definition) is 6. The molecule has 0 spiro atoms. The molecule has 2 aromatic heterocycles. The third-order valence-corrected chi connectivity index (χ3v) is 6.61. The Bertz CT molecular complexity index is 1380. The van der Waals surface area contributed by atoms with E-state index in [-0.39, 0.29) is 33.4 Å². The van der Waals surface area contributed by atoms with Crippen LogP contribution in [0.2, 0.25) is 0 Å². The van der Waals surface area contributed by atoms with Gasteiger partial charge in [-0.25, -0.2) is 23.2 Å². The maximum Gasteiger partial charge on any atom is 0.433 e. The molecule has 172 valence electrons. The highest BCUT2D eigenvalue weighted by Crippen LogP contribution is 2.40. The third kappa shape index (κ3) is 4.83. The standard InChI is InChI=1S/C21H17F3N4O3S2/c22-21(23,24)19-17(10-13-6-8-16(9-7-13)33(25,30)31)18(14-4-2-1-3-5-14)27-28(19)20-26-15(11-29)12-32-20/h1-9,12,29H,10-11H2,(H2,25,30,31). The van der Waals surface area contributed by atoms with Crippen molar-refractivity contribution in [2.75, 3.05) is 0 Å². The molecule has 12 heteroatoms. The first-order chi connectivity index (χ1) is 15.6. The van der Waals surface area contributed by atoms with Gasteiger partial charge in [0.1, 0.15) is 0 Å². The number of rotatable bonds is 6. The molecular formula is C21H17F3N4O3S2. The molecular weight excluding hydrogens is 477 g/mol. The van der Waals surface area contributed by atoms with Crippen molar-refractivity contribution in [2.45, 2.75) is 24.1 Å². The highest BCUT2D eigenvalue weighted by molar-refractivity contribution is 7.89. The van der Waals surface area contributed by atoms with Crippen molar-refractivity contribution < 1.29 is 26.7 Å². The van der Waals surface area contributed by atoms with Crippen LogP contribution in [0.15, 0.2) is 64.9 Å². The fourth-order valence-electron chi connectivity index (χ4n) is 3.34. The molecule has 0 atom stereocenters. The quantitative estimate of drug-likeness (QED) is 0.424. The number of hydrogen-bond donors (Lipinski definition) is 2. The predicted octanol–water partition coefficient (Wildman–Crippen LogP) is 3.75. The van der Waals surface area contributed by atoms with Crippen molar-refractivity contribution >= 4 is 21.4 Å². The number of benzene rings is 2. The second kappa shape index (κ2) is 8.71. The minimum atomic E-state index is -4.76. The van der Waals surface area contributed by atoms with E-state index in [4.69, 9.17) is 5.14 Å². The molecule has 3 N–H and O–H groups in total. The zero-order valence-corrected chi connectivity index (χ0v) is 18.5. The zero-order valence-electron chi connectivity index (χ0n) is 16.8. The monoisotopic (exact) mass is 494 g/mol. The second-order valence-electron chi connectivity index (χ2n) is 7.10. The molecule has 0 fully saturated rings. The summed E-state index contributed by atoms with van der Waals surface area (Å²) in [5.74, 6) is 0. The summed E-state index contributed by atoms with van der Waals surface area (Å²) in [5.41, 5.74) is 0.212. The number of nitrogens with two attached hydrogens (primary N) is 1. The second-order valence-corrected chi connectivity index (χ2v) is 9.49. The number of primary sulfonamides is 1. The summed E-state index contributed by atoms with van der Waals surface area (Å²) >= 11 is 0.934. The molecule has 0 bridgehead atoms. The summed E-state index contributed by atoms with van der Waals surface area (Å²) in [6.07, 6.45) is -4.93. The number of aliphatic hydroxyl groups is 1. The molecule has 0 amide bonds. The van der Waals surface area contributed by atoms with Gasteiger partial charge < -0.3 is 5.11 Å². The van der Waals surface area contributed by atoms with Gasteiger partial charge >= 0.3 is 6.18 Å². The molecule has 2 heterocycles. The smallest absolute Gasteiger partial charge is 0.390 e. The van der Waals surface area contributed by atoms with Crippen LogP contribution in [0.1, 0.15) is 22.5 Å². The number of alkyl halides is 3. The van der Waals surface area contributed by atoms with E-state index < -0.39 is 28.5 Å². The normalized spacial score (nSPS) is 12.3. The molecule has 0 saturated carbocycles. The van der Waals surface area contributed by atoms with Crippen LogP contribution in [-0.2, 0) is 29.2 Å². The molecule has 4 aromatic rings. The Labute approximate surface area is 191 Å². The Balaban J connectivity index is 1.91. The van der Waals surface area contributed by atoms with E-state index in [1.807, 2.05) is 0 Å². The molecule has 0 unspecified atom stereocenters. The van der Waals surface area contributed by atoms with Gasteiger partial charge in [0, 0.05) is 22.9 Å². The zero-order chi connectivity index (χ0) is 23.8. The summed E-state index contributed by atoms with van der Waals surface area (Å²) in [6, 6.07) is 13.8. The summed E-state index contributed by atoms with van der Waals surface area (Å²) in [6.45, 7) is -0.409. The molecule has 4 rings (SSSR count). The molecule has 0 saturated heterocycles. The van der Waals surface area contributed by atoms with Crippen LogP contribution >= 0.6 is 11.3 Å². The van der Waals surface area contributed by atoms with E-state index in [0.29, 0.717) is 11.1 Å². The predicted molar refractivity (Wildman–Crippen MR) is 116 cm³/mol. The Morgan fingerprint density at radius 1 is 1.06 bits per heavy atom. The molecule has 2 aromatic carbocycles. The van der Waals surface area contributed by atoms with Crippen LogP contribution in [0.3, 0.4) is 0 Å². The summed E-state index contributed by atoms with van der Waals surface area (Å²) < 4.78 is 66.7. The molecule has 0 aliphatic heterocycles. The first-order valence-electron chi connectivity index (χ1n) is 9.50. The van der Waals surface area contributed by atoms with Crippen LogP contribution in [0, 0.1) is 0 Å². The molecule has 7 nitrogen and oxygen atoms in total. The molecule has 33 heavy (non-hydrogen) atoms. The van der Waals surface area contributed by atoms with Crippen LogP contribution < -0.4 is 5.14 Å². The van der Waals surface area contributed by atoms with E-state index in [0.717, 1.165) is 16.0 Å². The number of aromatic nitrogens is 3. The van der Waals surface area contributed by atoms with Gasteiger partial charge in [0.05, 0.1) is 22.9 Å². The van der Waals surface area contributed by atoms with E-state index in [1.165, 1.54) is 29.6 Å². The average Bonchev–Trinajstić information content (AvgIpc) is 3.38. The number of thiazole rings is 1. The van der Waals surface area contributed by atoms with Crippen molar-refractivity contribution in [3.63, 3.8) is 0 Å². The van der Waals surface area contributed by atoms with Crippen LogP contribution in [0.4, 0.5) is 13.2 Å². The number of nitrogens with zero attached hydrogens (tertiary/aromatic N) is 3. The summed E-state index contributed by atoms with van der Waals surface area (Å²) in [5, 5.41) is 20.1. The minimum absolute atomic E-state index is 0.0284. The van der Waals surface area contributed by atoms with E-state index in [2.05, 4.69) is 10.1 Å². The first-order valence-corrected chi connectivity index (χ1v) is 11.9. The van der Waals surface area contributed by atoms with Crippen molar-refractivity contribution in [2.24, 2.45) is 5.14 Å². The fourth-order valence-corrected chi connectivity index (χ4v) is 4.63. The third-order valence-electron chi connectivity index (χ3n) is 4.81. The van der Waals surface area contributed by atoms with Crippen molar-refractivity contribution in [1.82, 2.24) is 14.8 Å². The molecule has 0 aliphatic carbocycles. The van der Waals surface area contributed by atoms with Crippen molar-refractivity contribution in [3.05, 3.63) is 82.5 Å². The van der Waals surface area contributed by atoms with Gasteiger partial charge in [-0.15, -0.1) is 11.3 Å². The lowest BCUT2D eigenvalue weighted by Crippen LogP contribution is -2.16. The molecule has 0 radical (unpaired) electrons. The van der Waals surface area contributed by atoms with E-state index in [1.54, 1.807) is 30.3 Å². The average molecular weight is 495 g/mol. The van der Waals surface area contributed by atoms with Gasteiger partial charge in [-0.1, -0.05) is 42.5 Å². The highest BCUT2D eigenvalue weighted by atomic mass is 32.2. The molecule has 0 aliphatic rings. The van der Waals surface area contributed by atoms with Gasteiger partial charge in [-0.05, 0) is 17.7 Å². The van der Waals surface area contributed by atoms with E-state index in [9.17, 15) is 26.7 Å². The van der Waals surface area contributed by atoms with Gasteiger partial charge in [0.15, 0.2) is 5.69 Å². The fraction of sp³-hybridized carbons (Fsp3) is 0.143. The Hall–Kier alpha value is -3.06. The van der Waals surface area contributed by atoms with Crippen molar-refractivity contribution in [3.8, 4) is 16.4 Å². The summed E-state index contributed by atoms with van der Waals surface area (Å²) in [4.78, 5) is 3.92. The number of aliphatic hydroxyl groups excluding tert-OH is 1. The van der Waals surface area contributed by atoms with Crippen molar-refractivity contribution in [1.29, 1.82) is 0 Å². The number of sulfonamides is 1. The largest absolute Gasteiger partial charge is 0.433 e. The van der Waals surface area contributed by atoms with Gasteiger partial charge in [-0.3, -0.25) is 0 Å². The lowest BCUT2D eigenvalue weighted by Gasteiger charge is -2.12. The topological polar surface area (TPSA) is 111 Å². The van der Waals surface area contributed by atoms with Gasteiger partial charge in [0.2, 0.25) is 15.2 Å². The lowest BCUT2D eigenvalue weighted by atomic mass is 9.99. The van der Waals surface area contributed by atoms with E-state index >= 15 is 0 Å². The minimum Gasteiger partial charge on any atom is -0.390 e. The summed E-state index contributed by atoms with van der Waals surface area (Å²) in [7, 11) is -3.93. The lowest BCUT2D eigenvalue weighted by molar-refractivity contribution is -0.143. The maximum atomic E-state index is 14.3. The van der Waals surface area contributed by atoms with Gasteiger partial charge in [0.25, 0.3) is 0 Å². The van der Waals surface area contributed by atoms with Crippen LogP contribution in [0.25, 0.3) is 16.4 Å². The van der Waals surface area contributed by atoms with Crippen LogP contribution in [-0.4, -0.2) is 28.3 Å². The Kier molecular flexibility index (Phi) is 6.10. The maximum absolute atomic E-state index is 14.3. The highest BCUT2D eigenvalue weighted by Gasteiger charge is 2.41. The van der Waals surface area contributed by atoms with Crippen LogP contribution in [0.5, 0.6) is 0 Å². The SMILES string of the molecule is NS(=O)(=O)c1ccc(Cc2c(-c3ccccc3)nn(-c3nc(CO)cs3)c2C(F)(F)F)cc1. The number of halogens is 3. The van der Waals surface area contributed by atoms with Gasteiger partial charge in [-0.2, -0.15) is 18.3 Å². The Morgan fingerprint density at radius 2 is 1.73 bits per heavy atom. The Morgan fingerprint density at radius 3 is 2.27 bits per heavy atom.